The zero-order chi connectivity index (χ0) is 16.7. The molecule has 1 aliphatic rings. The number of rotatable bonds is 2. The number of carbonyl (C=O) groups is 1. The minimum atomic E-state index is -0.259. The fourth-order valence-electron chi connectivity index (χ4n) is 3.28. The smallest absolute Gasteiger partial charge is 0.273 e. The van der Waals surface area contributed by atoms with Gasteiger partial charge in [-0.1, -0.05) is 35.9 Å². The zero-order valence-electron chi connectivity index (χ0n) is 13.3. The summed E-state index contributed by atoms with van der Waals surface area (Å²) in [5.41, 5.74) is 4.16. The van der Waals surface area contributed by atoms with E-state index >= 15 is 0 Å². The van der Waals surface area contributed by atoms with E-state index in [2.05, 4.69) is 27.5 Å². The van der Waals surface area contributed by atoms with Crippen molar-refractivity contribution < 1.29 is 4.79 Å². The maximum absolute atomic E-state index is 12.7. The average Bonchev–Trinajstić information content (AvgIpc) is 2.91. The molecule has 2 aromatic heterocycles. The van der Waals surface area contributed by atoms with Gasteiger partial charge in [-0.15, -0.1) is 0 Å². The Bertz CT molecular complexity index is 934. The van der Waals surface area contributed by atoms with Crippen molar-refractivity contribution in [1.29, 1.82) is 0 Å². The molecular formula is C18H17ClN4O. The lowest BCUT2D eigenvalue weighted by Crippen LogP contribution is -2.31. The van der Waals surface area contributed by atoms with Gasteiger partial charge in [-0.3, -0.25) is 4.79 Å². The van der Waals surface area contributed by atoms with E-state index in [1.54, 1.807) is 16.9 Å². The standard InChI is InChI=1S/C18H17ClN4O/c1-11-9-20-17-15(19)16(22-23(17)10-11)18(24)21-14-8-4-6-12-5-2-3-7-13(12)14/h2-3,5,7,9-10,14H,4,6,8H2,1H3,(H,21,24)/t14-/m0/s1. The minimum Gasteiger partial charge on any atom is -0.344 e. The van der Waals surface area contributed by atoms with Crippen LogP contribution in [0.3, 0.4) is 0 Å². The van der Waals surface area contributed by atoms with Crippen molar-refractivity contribution in [2.75, 3.05) is 0 Å². The van der Waals surface area contributed by atoms with Crippen LogP contribution in [0.2, 0.25) is 5.02 Å². The van der Waals surface area contributed by atoms with Crippen molar-refractivity contribution in [2.24, 2.45) is 0 Å². The summed E-state index contributed by atoms with van der Waals surface area (Å²) < 4.78 is 1.56. The normalized spacial score (nSPS) is 16.8. The lowest BCUT2D eigenvalue weighted by atomic mass is 9.88. The second-order valence-corrected chi connectivity index (χ2v) is 6.56. The van der Waals surface area contributed by atoms with Crippen LogP contribution >= 0.6 is 11.6 Å². The highest BCUT2D eigenvalue weighted by Crippen LogP contribution is 2.30. The number of fused-ring (bicyclic) bond motifs is 2. The predicted molar refractivity (Wildman–Crippen MR) is 92.3 cm³/mol. The van der Waals surface area contributed by atoms with Gasteiger partial charge in [0.1, 0.15) is 5.02 Å². The molecule has 6 heteroatoms. The van der Waals surface area contributed by atoms with Crippen molar-refractivity contribution in [1.82, 2.24) is 19.9 Å². The molecule has 0 saturated heterocycles. The first kappa shape index (κ1) is 15.1. The van der Waals surface area contributed by atoms with Gasteiger partial charge in [0.15, 0.2) is 11.3 Å². The third-order valence-corrected chi connectivity index (χ3v) is 4.78. The Morgan fingerprint density at radius 2 is 2.21 bits per heavy atom. The number of benzene rings is 1. The molecule has 0 fully saturated rings. The molecule has 0 saturated carbocycles. The number of aryl methyl sites for hydroxylation is 2. The van der Waals surface area contributed by atoms with Crippen molar-refractivity contribution in [3.8, 4) is 0 Å². The number of hydrogen-bond acceptors (Lipinski definition) is 3. The van der Waals surface area contributed by atoms with Gasteiger partial charge in [0.05, 0.1) is 6.04 Å². The molecule has 3 aromatic rings. The fourth-order valence-corrected chi connectivity index (χ4v) is 3.54. The summed E-state index contributed by atoms with van der Waals surface area (Å²) in [7, 11) is 0. The topological polar surface area (TPSA) is 59.3 Å². The van der Waals surface area contributed by atoms with Gasteiger partial charge in [0.2, 0.25) is 0 Å². The first-order chi connectivity index (χ1) is 11.6. The third-order valence-electron chi connectivity index (χ3n) is 4.44. The number of carbonyl (C=O) groups excluding carboxylic acids is 1. The molecule has 1 atom stereocenters. The SMILES string of the molecule is Cc1cnc2c(Cl)c(C(=O)N[C@H]3CCCc4ccccc43)nn2c1. The summed E-state index contributed by atoms with van der Waals surface area (Å²) in [6, 6.07) is 8.25. The van der Waals surface area contributed by atoms with E-state index in [1.807, 2.05) is 19.1 Å². The number of aromatic nitrogens is 3. The van der Waals surface area contributed by atoms with Crippen LogP contribution in [0.5, 0.6) is 0 Å². The van der Waals surface area contributed by atoms with E-state index in [4.69, 9.17) is 11.6 Å². The molecule has 1 aromatic carbocycles. The summed E-state index contributed by atoms with van der Waals surface area (Å²) >= 11 is 6.32. The van der Waals surface area contributed by atoms with E-state index < -0.39 is 0 Å². The number of amides is 1. The minimum absolute atomic E-state index is 0.00183. The summed E-state index contributed by atoms with van der Waals surface area (Å²) in [6.45, 7) is 1.92. The summed E-state index contributed by atoms with van der Waals surface area (Å²) in [4.78, 5) is 17.0. The highest BCUT2D eigenvalue weighted by molar-refractivity contribution is 6.36. The molecule has 122 valence electrons. The van der Waals surface area contributed by atoms with Crippen LogP contribution in [-0.2, 0) is 6.42 Å². The molecule has 4 rings (SSSR count). The molecule has 2 heterocycles. The molecule has 0 spiro atoms. The Labute approximate surface area is 144 Å². The van der Waals surface area contributed by atoms with Gasteiger partial charge in [-0.05, 0) is 42.9 Å². The second kappa shape index (κ2) is 5.91. The fraction of sp³-hybridized carbons (Fsp3) is 0.278. The first-order valence-corrected chi connectivity index (χ1v) is 8.40. The predicted octanol–water partition coefficient (Wildman–Crippen LogP) is 3.50. The van der Waals surface area contributed by atoms with Crippen LogP contribution < -0.4 is 5.32 Å². The van der Waals surface area contributed by atoms with Crippen LogP contribution in [0.15, 0.2) is 36.7 Å². The second-order valence-electron chi connectivity index (χ2n) is 6.18. The third kappa shape index (κ3) is 2.55. The Kier molecular flexibility index (Phi) is 3.73. The van der Waals surface area contributed by atoms with Gasteiger partial charge in [-0.2, -0.15) is 5.10 Å². The number of nitrogens with zero attached hydrogens (tertiary/aromatic N) is 3. The Balaban J connectivity index is 1.65. The molecule has 24 heavy (non-hydrogen) atoms. The lowest BCUT2D eigenvalue weighted by molar-refractivity contribution is 0.0927. The van der Waals surface area contributed by atoms with Gasteiger partial charge >= 0.3 is 0 Å². The number of nitrogens with one attached hydrogen (secondary N) is 1. The molecule has 1 aliphatic carbocycles. The monoisotopic (exact) mass is 340 g/mol. The molecular weight excluding hydrogens is 324 g/mol. The van der Waals surface area contributed by atoms with Gasteiger partial charge in [-0.25, -0.2) is 9.50 Å². The van der Waals surface area contributed by atoms with Gasteiger partial charge in [0, 0.05) is 12.4 Å². The molecule has 0 aliphatic heterocycles. The maximum atomic E-state index is 12.7. The molecule has 1 N–H and O–H groups in total. The molecule has 1 amide bonds. The molecule has 0 radical (unpaired) electrons. The largest absolute Gasteiger partial charge is 0.344 e. The van der Waals surface area contributed by atoms with Crippen LogP contribution in [0, 0.1) is 6.92 Å². The molecule has 0 unspecified atom stereocenters. The number of hydrogen-bond donors (Lipinski definition) is 1. The summed E-state index contributed by atoms with van der Waals surface area (Å²) in [6.07, 6.45) is 6.55. The first-order valence-electron chi connectivity index (χ1n) is 8.02. The molecule has 5 nitrogen and oxygen atoms in total. The van der Waals surface area contributed by atoms with Crippen molar-refractivity contribution in [3.05, 3.63) is 64.1 Å². The number of halogens is 1. The van der Waals surface area contributed by atoms with E-state index in [9.17, 15) is 4.79 Å². The maximum Gasteiger partial charge on any atom is 0.273 e. The highest BCUT2D eigenvalue weighted by atomic mass is 35.5. The van der Waals surface area contributed by atoms with Gasteiger partial charge < -0.3 is 5.32 Å². The summed E-state index contributed by atoms with van der Waals surface area (Å²) in [5, 5.41) is 7.67. The van der Waals surface area contributed by atoms with E-state index in [-0.39, 0.29) is 22.7 Å². The van der Waals surface area contributed by atoms with E-state index in [0.717, 1.165) is 24.8 Å². The lowest BCUT2D eigenvalue weighted by Gasteiger charge is -2.26. The Morgan fingerprint density at radius 3 is 3.08 bits per heavy atom. The Hall–Kier alpha value is -2.40. The quantitative estimate of drug-likeness (QED) is 0.776. The van der Waals surface area contributed by atoms with Crippen molar-refractivity contribution >= 4 is 23.2 Å². The Morgan fingerprint density at radius 1 is 1.38 bits per heavy atom. The van der Waals surface area contributed by atoms with Crippen molar-refractivity contribution in [2.45, 2.75) is 32.2 Å². The van der Waals surface area contributed by atoms with E-state index in [0.29, 0.717) is 5.65 Å². The van der Waals surface area contributed by atoms with E-state index in [1.165, 1.54) is 11.1 Å². The highest BCUT2D eigenvalue weighted by Gasteiger charge is 2.25. The zero-order valence-corrected chi connectivity index (χ0v) is 14.0. The van der Waals surface area contributed by atoms with Crippen LogP contribution in [0.25, 0.3) is 5.65 Å². The molecule has 0 bridgehead atoms. The average molecular weight is 341 g/mol. The summed E-state index contributed by atoms with van der Waals surface area (Å²) in [5.74, 6) is -0.259. The van der Waals surface area contributed by atoms with Crippen LogP contribution in [0.1, 0.15) is 46.1 Å². The van der Waals surface area contributed by atoms with Gasteiger partial charge in [0.25, 0.3) is 5.91 Å². The van der Waals surface area contributed by atoms with Crippen LogP contribution in [-0.4, -0.2) is 20.5 Å². The van der Waals surface area contributed by atoms with Crippen molar-refractivity contribution in [3.63, 3.8) is 0 Å². The van der Waals surface area contributed by atoms with Crippen LogP contribution in [0.4, 0.5) is 0 Å².